The second-order valence-corrected chi connectivity index (χ2v) is 15.6. The Hall–Kier alpha value is -2.68. The van der Waals surface area contributed by atoms with Gasteiger partial charge in [0.2, 0.25) is 0 Å². The maximum Gasteiger partial charge on any atom is 0.342 e. The van der Waals surface area contributed by atoms with E-state index in [1.54, 1.807) is 12.4 Å². The third kappa shape index (κ3) is 3.83. The van der Waals surface area contributed by atoms with Crippen LogP contribution in [-0.4, -0.2) is 27.1 Å². The number of carbonyl (C=O) groups excluding carboxylic acids is 2. The summed E-state index contributed by atoms with van der Waals surface area (Å²) in [5.41, 5.74) is 1.89. The number of aromatic nitrogens is 2. The van der Waals surface area contributed by atoms with Crippen LogP contribution in [-0.2, 0) is 4.79 Å². The molecule has 0 aromatic carbocycles. The fraction of sp³-hybridized carbons (Fsp3) is 0.714. The first-order chi connectivity index (χ1) is 18.9. The molecule has 0 aliphatic heterocycles. The molecular weight excluding hydrogens is 508 g/mol. The normalized spacial score (nSPS) is 43.0. The van der Waals surface area contributed by atoms with Gasteiger partial charge in [-0.2, -0.15) is 15.0 Å². The van der Waals surface area contributed by atoms with Gasteiger partial charge in [-0.05, 0) is 104 Å². The maximum absolute atomic E-state index is 13.4. The molecule has 8 unspecified atom stereocenters. The Morgan fingerprint density at radius 1 is 1.02 bits per heavy atom. The van der Waals surface area contributed by atoms with Gasteiger partial charge in [-0.15, -0.1) is 0 Å². The average Bonchev–Trinajstić information content (AvgIpc) is 3.45. The molecule has 220 valence electrons. The fourth-order valence-electron chi connectivity index (χ4n) is 10.9. The lowest BCUT2D eigenvalue weighted by atomic mass is 9.38. The van der Waals surface area contributed by atoms with E-state index < -0.39 is 0 Å². The van der Waals surface area contributed by atoms with Crippen LogP contribution in [0.2, 0.25) is 0 Å². The summed E-state index contributed by atoms with van der Waals surface area (Å²) in [5, 5.41) is 17.7. The Balaban J connectivity index is 0.00000302. The number of nitrogens with zero attached hydrogens (tertiary/aromatic N) is 3. The van der Waals surface area contributed by atoms with Crippen LogP contribution in [0.4, 0.5) is 4.79 Å². The van der Waals surface area contributed by atoms with E-state index in [1.165, 1.54) is 23.1 Å². The van der Waals surface area contributed by atoms with E-state index in [9.17, 15) is 14.9 Å². The number of hydrogen-bond acceptors (Lipinski definition) is 4. The van der Waals surface area contributed by atoms with Crippen LogP contribution in [0.15, 0.2) is 41.8 Å². The zero-order valence-electron chi connectivity index (χ0n) is 24.8. The molecule has 1 aromatic rings. The molecule has 7 rings (SSSR count). The molecule has 4 fully saturated rings. The lowest BCUT2D eigenvalue weighted by Crippen LogP contribution is -2.67. The van der Waals surface area contributed by atoms with Gasteiger partial charge in [0.15, 0.2) is 5.78 Å². The quantitative estimate of drug-likeness (QED) is 0.363. The van der Waals surface area contributed by atoms with Gasteiger partial charge in [0.25, 0.3) is 0 Å². The Labute approximate surface area is 246 Å². The van der Waals surface area contributed by atoms with E-state index in [2.05, 4.69) is 63.3 Å². The Kier molecular flexibility index (Phi) is 6.18. The molecule has 0 bridgehead atoms. The molecule has 1 N–H and O–H groups in total. The van der Waals surface area contributed by atoms with E-state index in [4.69, 9.17) is 0 Å². The molecule has 41 heavy (non-hydrogen) atoms. The van der Waals surface area contributed by atoms with Crippen molar-refractivity contribution in [2.24, 2.45) is 51.2 Å². The summed E-state index contributed by atoms with van der Waals surface area (Å²) in [6.07, 6.45) is 18.1. The van der Waals surface area contributed by atoms with Crippen LogP contribution >= 0.6 is 0 Å². The number of Topliss-reactive ketones (excluding diaryl/α,β-unsaturated/α-hetero) is 1. The minimum absolute atomic E-state index is 0. The molecule has 1 aromatic heterocycles. The second kappa shape index (κ2) is 8.91. The Morgan fingerprint density at radius 2 is 1.76 bits per heavy atom. The van der Waals surface area contributed by atoms with E-state index in [0.29, 0.717) is 23.3 Å². The predicted octanol–water partition coefficient (Wildman–Crippen LogP) is 7.48. The zero-order chi connectivity index (χ0) is 28.3. The van der Waals surface area contributed by atoms with Crippen LogP contribution in [0.3, 0.4) is 0 Å². The van der Waals surface area contributed by atoms with Gasteiger partial charge in [0, 0.05) is 29.3 Å². The molecule has 0 saturated heterocycles. The molecule has 6 aliphatic rings. The Morgan fingerprint density at radius 3 is 2.41 bits per heavy atom. The average molecular weight is 557 g/mol. The molecule has 6 heteroatoms. The van der Waals surface area contributed by atoms with Crippen molar-refractivity contribution in [3.8, 4) is 6.07 Å². The van der Waals surface area contributed by atoms with Gasteiger partial charge in [-0.1, -0.05) is 59.8 Å². The molecule has 0 radical (unpaired) electrons. The van der Waals surface area contributed by atoms with Crippen molar-refractivity contribution in [2.75, 3.05) is 0 Å². The van der Waals surface area contributed by atoms with E-state index >= 15 is 0 Å². The highest BCUT2D eigenvalue weighted by molar-refractivity contribution is 6.02. The zero-order valence-corrected chi connectivity index (χ0v) is 24.8. The first-order valence-corrected chi connectivity index (χ1v) is 15.6. The van der Waals surface area contributed by atoms with Gasteiger partial charge in [-0.25, -0.2) is 4.79 Å². The summed E-state index contributed by atoms with van der Waals surface area (Å²) in [6.45, 7) is 11.7. The van der Waals surface area contributed by atoms with E-state index in [0.717, 1.165) is 44.9 Å². The summed E-state index contributed by atoms with van der Waals surface area (Å²) in [4.78, 5) is 26.5. The highest BCUT2D eigenvalue weighted by Crippen LogP contribution is 2.76. The van der Waals surface area contributed by atoms with Crippen molar-refractivity contribution >= 4 is 11.8 Å². The minimum atomic E-state index is -0.249. The maximum atomic E-state index is 13.4. The molecule has 4 saturated carbocycles. The van der Waals surface area contributed by atoms with Crippen molar-refractivity contribution in [3.05, 3.63) is 41.8 Å². The van der Waals surface area contributed by atoms with E-state index in [1.807, 2.05) is 6.07 Å². The van der Waals surface area contributed by atoms with Crippen LogP contribution in [0.5, 0.6) is 0 Å². The van der Waals surface area contributed by atoms with Crippen LogP contribution < -0.4 is 5.32 Å². The molecule has 1 spiro atoms. The molecular formula is C35H48N4O2. The smallest absolute Gasteiger partial charge is 0.330 e. The number of carbonyl (C=O) groups is 2. The van der Waals surface area contributed by atoms with Crippen molar-refractivity contribution in [2.45, 2.75) is 105 Å². The van der Waals surface area contributed by atoms with Gasteiger partial charge in [-0.3, -0.25) is 4.79 Å². The van der Waals surface area contributed by atoms with E-state index in [-0.39, 0.29) is 58.3 Å². The lowest BCUT2D eigenvalue weighted by Gasteiger charge is -2.67. The first kappa shape index (κ1) is 28.4. The summed E-state index contributed by atoms with van der Waals surface area (Å²) in [5.74, 6) is 1.69. The summed E-state index contributed by atoms with van der Waals surface area (Å²) in [7, 11) is 0. The molecule has 1 amide bonds. The highest BCUT2D eigenvalue weighted by atomic mass is 16.2. The lowest BCUT2D eigenvalue weighted by molar-refractivity contribution is -0.125. The number of allylic oxidation sites excluding steroid dienone is 4. The van der Waals surface area contributed by atoms with Crippen molar-refractivity contribution in [1.82, 2.24) is 15.1 Å². The van der Waals surface area contributed by atoms with Gasteiger partial charge < -0.3 is 5.32 Å². The van der Waals surface area contributed by atoms with Crippen molar-refractivity contribution in [1.29, 1.82) is 5.26 Å². The fourth-order valence-corrected chi connectivity index (χ4v) is 10.9. The van der Waals surface area contributed by atoms with Gasteiger partial charge in [0.05, 0.1) is 5.57 Å². The topological polar surface area (TPSA) is 87.8 Å². The molecule has 8 atom stereocenters. The van der Waals surface area contributed by atoms with Crippen molar-refractivity contribution < 1.29 is 9.59 Å². The monoisotopic (exact) mass is 556 g/mol. The molecule has 1 heterocycles. The Bertz CT molecular complexity index is 1380. The summed E-state index contributed by atoms with van der Waals surface area (Å²) in [6, 6.07) is 3.97. The van der Waals surface area contributed by atoms with Crippen molar-refractivity contribution in [3.63, 3.8) is 0 Å². The van der Waals surface area contributed by atoms with Crippen LogP contribution in [0.25, 0.3) is 0 Å². The van der Waals surface area contributed by atoms with Gasteiger partial charge in [0.1, 0.15) is 6.07 Å². The second-order valence-electron chi connectivity index (χ2n) is 15.6. The summed E-state index contributed by atoms with van der Waals surface area (Å²) < 4.78 is 1.46. The minimum Gasteiger partial charge on any atom is -0.330 e. The van der Waals surface area contributed by atoms with Gasteiger partial charge >= 0.3 is 6.03 Å². The summed E-state index contributed by atoms with van der Waals surface area (Å²) >= 11 is 0. The number of hydrogen-bond donors (Lipinski definition) is 1. The molecule has 6 aliphatic carbocycles. The molecule has 6 nitrogen and oxygen atoms in total. The number of amides is 1. The highest BCUT2D eigenvalue weighted by Gasteiger charge is 2.69. The van der Waals surface area contributed by atoms with Crippen LogP contribution in [0, 0.1) is 62.6 Å². The first-order valence-electron chi connectivity index (χ1n) is 15.6. The number of nitrogens with one attached hydrogen (secondary N) is 1. The largest absolute Gasteiger partial charge is 0.342 e. The third-order valence-electron chi connectivity index (χ3n) is 13.1. The third-order valence-corrected chi connectivity index (χ3v) is 13.1. The van der Waals surface area contributed by atoms with Crippen LogP contribution in [0.1, 0.15) is 99.8 Å². The number of ketones is 1. The standard InChI is InChI=1S/C34H44N4O2.CH4/c1-21-23-7-9-31(4)24-8-10-34(37-29(40)38-16-6-15-36-38)14-11-30(2,3)18-25(34)27(24)33(12-13-33)19-26(31)32(23,5)17-22(20-35)28(21)39;/h6,15-17,19,21,23-25,27H,7-14,18H2,1-5H3,(H,37,40);1H4. The SMILES string of the molecule is C.CC1C(=O)C(C#N)=CC2(C)C3=CC4(CC4)C4C5CC(C)(C)CCC5(NC(=O)n5cccn5)CCC4C3(C)CCC12. The predicted molar refractivity (Wildman–Crippen MR) is 160 cm³/mol. The number of fused-ring (bicyclic) bond motifs is 8. The number of nitriles is 1. The number of rotatable bonds is 1.